The van der Waals surface area contributed by atoms with Crippen LogP contribution in [0.4, 0.5) is 10.5 Å². The number of nitrogens with zero attached hydrogens (tertiary/aromatic N) is 1. The number of hydrogen-bond acceptors (Lipinski definition) is 1. The molecule has 1 aliphatic rings. The summed E-state index contributed by atoms with van der Waals surface area (Å²) in [5.41, 5.74) is 2.80. The minimum Gasteiger partial charge on any atom is -0.319 e. The molecular formula is C26H26Cl2N2O. The summed E-state index contributed by atoms with van der Waals surface area (Å²) in [6, 6.07) is 25.7. The molecule has 160 valence electrons. The summed E-state index contributed by atoms with van der Waals surface area (Å²) >= 11 is 12.6. The molecule has 0 spiro atoms. The number of nitrogens with one attached hydrogen (secondary N) is 1. The predicted molar refractivity (Wildman–Crippen MR) is 129 cm³/mol. The third kappa shape index (κ3) is 5.06. The topological polar surface area (TPSA) is 32.3 Å². The number of anilines is 1. The van der Waals surface area contributed by atoms with Gasteiger partial charge in [-0.15, -0.1) is 0 Å². The lowest BCUT2D eigenvalue weighted by Gasteiger charge is -2.36. The lowest BCUT2D eigenvalue weighted by Crippen LogP contribution is -2.44. The molecule has 1 aliphatic carbocycles. The van der Waals surface area contributed by atoms with Crippen molar-refractivity contribution in [3.8, 4) is 0 Å². The first kappa shape index (κ1) is 21.7. The Balaban J connectivity index is 1.64. The molecular weight excluding hydrogens is 427 g/mol. The van der Waals surface area contributed by atoms with Crippen LogP contribution in [0, 0.1) is 0 Å². The molecule has 1 saturated carbocycles. The summed E-state index contributed by atoms with van der Waals surface area (Å²) in [6.07, 6.45) is 4.49. The molecule has 0 bridgehead atoms. The van der Waals surface area contributed by atoms with Gasteiger partial charge in [-0.3, -0.25) is 0 Å². The van der Waals surface area contributed by atoms with Crippen LogP contribution >= 0.6 is 23.2 Å². The van der Waals surface area contributed by atoms with Crippen molar-refractivity contribution >= 4 is 34.9 Å². The molecule has 0 saturated heterocycles. The average Bonchev–Trinajstić information content (AvgIpc) is 3.27. The number of hydrogen-bond donors (Lipinski definition) is 1. The first-order valence-electron chi connectivity index (χ1n) is 10.7. The molecule has 4 rings (SSSR count). The fourth-order valence-corrected chi connectivity index (χ4v) is 5.05. The smallest absolute Gasteiger partial charge is 0.319 e. The third-order valence-electron chi connectivity index (χ3n) is 6.14. The van der Waals surface area contributed by atoms with Crippen LogP contribution in [0.2, 0.25) is 10.0 Å². The SMILES string of the molecule is O=C(Nc1c(Cl)cccc1Cl)N(Cc1ccccc1)CC1(c2ccccc2)CCCC1. The van der Waals surface area contributed by atoms with Crippen LogP contribution in [0.25, 0.3) is 0 Å². The van der Waals surface area contributed by atoms with Crippen molar-refractivity contribution < 1.29 is 4.79 Å². The number of benzene rings is 3. The number of para-hydroxylation sites is 1. The molecule has 5 heteroatoms. The van der Waals surface area contributed by atoms with E-state index < -0.39 is 0 Å². The van der Waals surface area contributed by atoms with Gasteiger partial charge in [-0.2, -0.15) is 0 Å². The fraction of sp³-hybridized carbons (Fsp3) is 0.269. The minimum atomic E-state index is -0.193. The highest BCUT2D eigenvalue weighted by molar-refractivity contribution is 6.39. The van der Waals surface area contributed by atoms with Gasteiger partial charge in [0.2, 0.25) is 0 Å². The van der Waals surface area contributed by atoms with Crippen molar-refractivity contribution in [2.75, 3.05) is 11.9 Å². The highest BCUT2D eigenvalue weighted by atomic mass is 35.5. The zero-order valence-electron chi connectivity index (χ0n) is 17.4. The molecule has 3 nitrogen and oxygen atoms in total. The van der Waals surface area contributed by atoms with E-state index >= 15 is 0 Å². The summed E-state index contributed by atoms with van der Waals surface area (Å²) in [7, 11) is 0. The molecule has 2 amide bonds. The van der Waals surface area contributed by atoms with Gasteiger partial charge in [-0.25, -0.2) is 4.79 Å². The minimum absolute atomic E-state index is 0.0440. The lowest BCUT2D eigenvalue weighted by molar-refractivity contribution is 0.189. The maximum Gasteiger partial charge on any atom is 0.322 e. The van der Waals surface area contributed by atoms with Crippen molar-refractivity contribution in [1.82, 2.24) is 4.90 Å². The van der Waals surface area contributed by atoms with Gasteiger partial charge in [0.05, 0.1) is 15.7 Å². The van der Waals surface area contributed by atoms with Crippen LogP contribution in [0.3, 0.4) is 0 Å². The van der Waals surface area contributed by atoms with Crippen LogP contribution in [0.5, 0.6) is 0 Å². The number of rotatable bonds is 6. The second-order valence-electron chi connectivity index (χ2n) is 8.22. The van der Waals surface area contributed by atoms with Gasteiger partial charge in [0.1, 0.15) is 0 Å². The Morgan fingerprint density at radius 1 is 0.839 bits per heavy atom. The summed E-state index contributed by atoms with van der Waals surface area (Å²) in [6.45, 7) is 1.16. The van der Waals surface area contributed by atoms with Gasteiger partial charge in [0.25, 0.3) is 0 Å². The molecule has 0 radical (unpaired) electrons. The quantitative estimate of drug-likeness (QED) is 0.411. The first-order chi connectivity index (χ1) is 15.1. The van der Waals surface area contributed by atoms with Crippen molar-refractivity contribution in [2.45, 2.75) is 37.6 Å². The van der Waals surface area contributed by atoms with Gasteiger partial charge < -0.3 is 10.2 Å². The van der Waals surface area contributed by atoms with Gasteiger partial charge in [-0.05, 0) is 36.1 Å². The molecule has 1 fully saturated rings. The molecule has 31 heavy (non-hydrogen) atoms. The van der Waals surface area contributed by atoms with Crippen molar-refractivity contribution in [2.24, 2.45) is 0 Å². The van der Waals surface area contributed by atoms with E-state index in [1.165, 1.54) is 18.4 Å². The van der Waals surface area contributed by atoms with Crippen LogP contribution in [0.15, 0.2) is 78.9 Å². The Bertz CT molecular complexity index is 998. The first-order valence-corrected chi connectivity index (χ1v) is 11.4. The van der Waals surface area contributed by atoms with E-state index in [-0.39, 0.29) is 11.4 Å². The van der Waals surface area contributed by atoms with E-state index in [1.54, 1.807) is 18.2 Å². The molecule has 0 heterocycles. The molecule has 1 N–H and O–H groups in total. The van der Waals surface area contributed by atoms with Crippen LogP contribution in [-0.2, 0) is 12.0 Å². The van der Waals surface area contributed by atoms with Gasteiger partial charge in [0, 0.05) is 18.5 Å². The standard InChI is InChI=1S/C26H26Cl2N2O/c27-22-14-9-15-23(28)24(22)29-25(31)30(18-20-10-3-1-4-11-20)19-26(16-7-8-17-26)21-12-5-2-6-13-21/h1-6,9-15H,7-8,16-19H2,(H,29,31). The van der Waals surface area contributed by atoms with Crippen LogP contribution < -0.4 is 5.32 Å². The van der Waals surface area contributed by atoms with Gasteiger partial charge >= 0.3 is 6.03 Å². The highest BCUT2D eigenvalue weighted by Crippen LogP contribution is 2.42. The van der Waals surface area contributed by atoms with Crippen LogP contribution in [0.1, 0.15) is 36.8 Å². The van der Waals surface area contributed by atoms with E-state index in [9.17, 15) is 4.79 Å². The molecule has 0 aliphatic heterocycles. The van der Waals surface area contributed by atoms with Gasteiger partial charge in [0.15, 0.2) is 0 Å². The van der Waals surface area contributed by atoms with Crippen LogP contribution in [-0.4, -0.2) is 17.5 Å². The number of carbonyl (C=O) groups excluding carboxylic acids is 1. The van der Waals surface area contributed by atoms with Crippen molar-refractivity contribution in [3.05, 3.63) is 100 Å². The van der Waals surface area contributed by atoms with Crippen molar-refractivity contribution in [3.63, 3.8) is 0 Å². The Morgan fingerprint density at radius 3 is 2.03 bits per heavy atom. The number of urea groups is 1. The zero-order chi connectivity index (χ0) is 21.7. The van der Waals surface area contributed by atoms with E-state index in [4.69, 9.17) is 23.2 Å². The summed E-state index contributed by atoms with van der Waals surface area (Å²) < 4.78 is 0. The van der Waals surface area contributed by atoms with E-state index in [2.05, 4.69) is 29.6 Å². The maximum atomic E-state index is 13.5. The molecule has 0 atom stereocenters. The van der Waals surface area contributed by atoms with Gasteiger partial charge in [-0.1, -0.05) is 103 Å². The summed E-state index contributed by atoms with van der Waals surface area (Å²) in [5.74, 6) is 0. The summed E-state index contributed by atoms with van der Waals surface area (Å²) in [4.78, 5) is 15.4. The molecule has 0 unspecified atom stereocenters. The van der Waals surface area contributed by atoms with E-state index in [0.29, 0.717) is 28.8 Å². The number of carbonyl (C=O) groups is 1. The Labute approximate surface area is 194 Å². The normalized spacial score (nSPS) is 14.9. The predicted octanol–water partition coefficient (Wildman–Crippen LogP) is 7.54. The highest BCUT2D eigenvalue weighted by Gasteiger charge is 2.38. The Morgan fingerprint density at radius 2 is 1.42 bits per heavy atom. The Hall–Kier alpha value is -2.49. The second kappa shape index (κ2) is 9.76. The van der Waals surface area contributed by atoms with E-state index in [0.717, 1.165) is 18.4 Å². The number of amides is 2. The molecule has 0 aromatic heterocycles. The zero-order valence-corrected chi connectivity index (χ0v) is 18.9. The lowest BCUT2D eigenvalue weighted by atomic mass is 9.78. The maximum absolute atomic E-state index is 13.5. The largest absolute Gasteiger partial charge is 0.322 e. The fourth-order valence-electron chi connectivity index (χ4n) is 4.55. The second-order valence-corrected chi connectivity index (χ2v) is 9.04. The monoisotopic (exact) mass is 452 g/mol. The van der Waals surface area contributed by atoms with E-state index in [1.807, 2.05) is 41.3 Å². The third-order valence-corrected chi connectivity index (χ3v) is 6.77. The van der Waals surface area contributed by atoms with Crippen molar-refractivity contribution in [1.29, 1.82) is 0 Å². The molecule has 3 aromatic rings. The summed E-state index contributed by atoms with van der Waals surface area (Å²) in [5, 5.41) is 3.82. The Kier molecular flexibility index (Phi) is 6.84. The number of halogens is 2. The average molecular weight is 453 g/mol. The molecule has 3 aromatic carbocycles.